The first-order valence-electron chi connectivity index (χ1n) is 6.44. The molecule has 0 saturated heterocycles. The second kappa shape index (κ2) is 4.55. The van der Waals surface area contributed by atoms with Crippen molar-refractivity contribution in [2.24, 2.45) is 0 Å². The van der Waals surface area contributed by atoms with Gasteiger partial charge in [-0.15, -0.1) is 5.10 Å². The third-order valence-electron chi connectivity index (χ3n) is 3.02. The Morgan fingerprint density at radius 2 is 1.78 bits per heavy atom. The molecule has 0 saturated carbocycles. The maximum Gasteiger partial charge on any atom is 0.255 e. The Bertz CT molecular complexity index is 572. The number of hydrogen-bond donors (Lipinski definition) is 1. The van der Waals surface area contributed by atoms with Gasteiger partial charge in [0.25, 0.3) is 5.78 Å². The molecule has 0 amide bonds. The molecule has 0 aliphatic rings. The van der Waals surface area contributed by atoms with E-state index in [-0.39, 0.29) is 17.7 Å². The Hall–Kier alpha value is -1.65. The SMILES string of the molecule is CCc1c(C(C)C)nc2nc(C(C)C)nn2c1O. The molecule has 2 heterocycles. The van der Waals surface area contributed by atoms with Crippen LogP contribution in [0.5, 0.6) is 5.88 Å². The molecule has 5 nitrogen and oxygen atoms in total. The van der Waals surface area contributed by atoms with E-state index in [1.807, 2.05) is 20.8 Å². The summed E-state index contributed by atoms with van der Waals surface area (Å²) in [4.78, 5) is 8.91. The topological polar surface area (TPSA) is 63.3 Å². The lowest BCUT2D eigenvalue weighted by atomic mass is 10.0. The monoisotopic (exact) mass is 248 g/mol. The molecule has 1 N–H and O–H groups in total. The van der Waals surface area contributed by atoms with Crippen LogP contribution in [0.25, 0.3) is 5.78 Å². The molecule has 0 aliphatic carbocycles. The van der Waals surface area contributed by atoms with Gasteiger partial charge in [0.05, 0.1) is 5.69 Å². The van der Waals surface area contributed by atoms with Crippen LogP contribution in [0.3, 0.4) is 0 Å². The Kier molecular flexibility index (Phi) is 3.24. The molecule has 18 heavy (non-hydrogen) atoms. The van der Waals surface area contributed by atoms with E-state index in [1.165, 1.54) is 4.52 Å². The van der Waals surface area contributed by atoms with Gasteiger partial charge in [0.1, 0.15) is 0 Å². The van der Waals surface area contributed by atoms with E-state index >= 15 is 0 Å². The van der Waals surface area contributed by atoms with Crippen molar-refractivity contribution in [2.75, 3.05) is 0 Å². The molecule has 0 aliphatic heterocycles. The molecule has 98 valence electrons. The maximum atomic E-state index is 10.3. The Balaban J connectivity index is 2.74. The summed E-state index contributed by atoms with van der Waals surface area (Å²) in [6.07, 6.45) is 0.735. The van der Waals surface area contributed by atoms with Crippen molar-refractivity contribution in [3.63, 3.8) is 0 Å². The van der Waals surface area contributed by atoms with Crippen LogP contribution in [0.1, 0.15) is 63.5 Å². The quantitative estimate of drug-likeness (QED) is 0.907. The van der Waals surface area contributed by atoms with E-state index < -0.39 is 0 Å². The van der Waals surface area contributed by atoms with E-state index in [1.54, 1.807) is 0 Å². The summed E-state index contributed by atoms with van der Waals surface area (Å²) in [5, 5.41) is 14.6. The van der Waals surface area contributed by atoms with Crippen molar-refractivity contribution in [3.8, 4) is 5.88 Å². The highest BCUT2D eigenvalue weighted by Gasteiger charge is 2.19. The van der Waals surface area contributed by atoms with Gasteiger partial charge in [-0.3, -0.25) is 0 Å². The fourth-order valence-corrected chi connectivity index (χ4v) is 2.01. The lowest BCUT2D eigenvalue weighted by molar-refractivity contribution is 0.424. The lowest BCUT2D eigenvalue weighted by Gasteiger charge is -2.12. The van der Waals surface area contributed by atoms with Crippen LogP contribution in [-0.2, 0) is 6.42 Å². The van der Waals surface area contributed by atoms with Crippen molar-refractivity contribution in [1.29, 1.82) is 0 Å². The van der Waals surface area contributed by atoms with Crippen molar-refractivity contribution in [3.05, 3.63) is 17.1 Å². The highest BCUT2D eigenvalue weighted by atomic mass is 16.3. The van der Waals surface area contributed by atoms with Crippen LogP contribution in [0.2, 0.25) is 0 Å². The molecule has 0 fully saturated rings. The minimum Gasteiger partial charge on any atom is -0.493 e. The predicted molar refractivity (Wildman–Crippen MR) is 70.0 cm³/mol. The molecule has 0 spiro atoms. The Morgan fingerprint density at radius 1 is 1.11 bits per heavy atom. The number of nitrogens with zero attached hydrogens (tertiary/aromatic N) is 4. The molecule has 0 atom stereocenters. The normalized spacial score (nSPS) is 11.9. The van der Waals surface area contributed by atoms with Crippen LogP contribution >= 0.6 is 0 Å². The van der Waals surface area contributed by atoms with Crippen LogP contribution in [0.15, 0.2) is 0 Å². The van der Waals surface area contributed by atoms with Gasteiger partial charge in [-0.2, -0.15) is 9.50 Å². The first-order valence-corrected chi connectivity index (χ1v) is 6.44. The van der Waals surface area contributed by atoms with Crippen molar-refractivity contribution < 1.29 is 5.11 Å². The van der Waals surface area contributed by atoms with Gasteiger partial charge in [0.15, 0.2) is 5.82 Å². The maximum absolute atomic E-state index is 10.3. The van der Waals surface area contributed by atoms with E-state index in [0.29, 0.717) is 11.6 Å². The Morgan fingerprint density at radius 3 is 2.28 bits per heavy atom. The molecule has 2 aromatic rings. The molecular formula is C13H20N4O. The summed E-state index contributed by atoms with van der Waals surface area (Å²) >= 11 is 0. The molecular weight excluding hydrogens is 228 g/mol. The van der Waals surface area contributed by atoms with Gasteiger partial charge < -0.3 is 5.11 Å². The summed E-state index contributed by atoms with van der Waals surface area (Å²) in [6, 6.07) is 0. The molecule has 0 radical (unpaired) electrons. The standard InChI is InChI=1S/C13H20N4O/c1-6-9-10(7(2)3)14-13-15-11(8(4)5)16-17(13)12(9)18/h7-8,18H,6H2,1-5H3. The molecule has 0 aromatic carbocycles. The highest BCUT2D eigenvalue weighted by Crippen LogP contribution is 2.27. The number of aromatic hydroxyl groups is 1. The summed E-state index contributed by atoms with van der Waals surface area (Å²) in [5.74, 6) is 1.84. The minimum atomic E-state index is 0.172. The second-order valence-corrected chi connectivity index (χ2v) is 5.14. The lowest BCUT2D eigenvalue weighted by Crippen LogP contribution is -2.05. The number of fused-ring (bicyclic) bond motifs is 1. The van der Waals surface area contributed by atoms with E-state index in [2.05, 4.69) is 28.9 Å². The van der Waals surface area contributed by atoms with E-state index in [9.17, 15) is 5.11 Å². The average molecular weight is 248 g/mol. The predicted octanol–water partition coefficient (Wildman–Crippen LogP) is 2.64. The third kappa shape index (κ3) is 1.94. The van der Waals surface area contributed by atoms with Crippen molar-refractivity contribution in [1.82, 2.24) is 19.6 Å². The van der Waals surface area contributed by atoms with Crippen LogP contribution in [0.4, 0.5) is 0 Å². The molecule has 5 heteroatoms. The third-order valence-corrected chi connectivity index (χ3v) is 3.02. The number of rotatable bonds is 3. The molecule has 0 unspecified atom stereocenters. The Labute approximate surface area is 107 Å². The zero-order valence-electron chi connectivity index (χ0n) is 11.6. The van der Waals surface area contributed by atoms with Gasteiger partial charge in [0.2, 0.25) is 5.88 Å². The van der Waals surface area contributed by atoms with Gasteiger partial charge >= 0.3 is 0 Å². The van der Waals surface area contributed by atoms with Crippen molar-refractivity contribution in [2.45, 2.75) is 52.9 Å². The van der Waals surface area contributed by atoms with Gasteiger partial charge in [0, 0.05) is 11.5 Å². The van der Waals surface area contributed by atoms with Crippen LogP contribution in [-0.4, -0.2) is 24.7 Å². The van der Waals surface area contributed by atoms with Crippen molar-refractivity contribution >= 4 is 5.78 Å². The summed E-state index contributed by atoms with van der Waals surface area (Å²) < 4.78 is 1.44. The van der Waals surface area contributed by atoms with Gasteiger partial charge in [-0.25, -0.2) is 4.98 Å². The summed E-state index contributed by atoms with van der Waals surface area (Å²) in [6.45, 7) is 10.2. The highest BCUT2D eigenvalue weighted by molar-refractivity contribution is 5.42. The zero-order valence-corrected chi connectivity index (χ0v) is 11.6. The van der Waals surface area contributed by atoms with E-state index in [0.717, 1.165) is 17.7 Å². The molecule has 2 rings (SSSR count). The van der Waals surface area contributed by atoms with Gasteiger partial charge in [-0.1, -0.05) is 34.6 Å². The van der Waals surface area contributed by atoms with E-state index in [4.69, 9.17) is 0 Å². The molecule has 0 bridgehead atoms. The fourth-order valence-electron chi connectivity index (χ4n) is 2.01. The summed E-state index contributed by atoms with van der Waals surface area (Å²) in [5.41, 5.74) is 1.77. The smallest absolute Gasteiger partial charge is 0.255 e. The van der Waals surface area contributed by atoms with Crippen LogP contribution in [0, 0.1) is 0 Å². The number of aromatic nitrogens is 4. The first kappa shape index (κ1) is 12.8. The molecule has 2 aromatic heterocycles. The minimum absolute atomic E-state index is 0.172. The first-order chi connectivity index (χ1) is 8.45. The fraction of sp³-hybridized carbons (Fsp3) is 0.615. The number of hydrogen-bond acceptors (Lipinski definition) is 4. The summed E-state index contributed by atoms with van der Waals surface area (Å²) in [7, 11) is 0. The zero-order chi connectivity index (χ0) is 13.4. The second-order valence-electron chi connectivity index (χ2n) is 5.14. The average Bonchev–Trinajstić information content (AvgIpc) is 2.73. The van der Waals surface area contributed by atoms with Gasteiger partial charge in [-0.05, 0) is 12.3 Å². The van der Waals surface area contributed by atoms with Crippen LogP contribution < -0.4 is 0 Å². The largest absolute Gasteiger partial charge is 0.493 e.